The van der Waals surface area contributed by atoms with E-state index in [9.17, 15) is 97.0 Å². The van der Waals surface area contributed by atoms with Crippen molar-refractivity contribution in [1.29, 1.82) is 0 Å². The van der Waals surface area contributed by atoms with Crippen LogP contribution in [0.15, 0.2) is 0 Å². The number of aliphatic hydroxyl groups is 19. The van der Waals surface area contributed by atoms with Crippen LogP contribution in [0.2, 0.25) is 0 Å². The molecule has 8 saturated heterocycles. The standard InChI is InChI=1S/C63H104O33/c1-21-8-13-63(83-20-21)22(2)33-51(96-63)39(73)34-26-7-6-24-14-25(9-11-61(24,4)27(26)10-12-62(33,34)5)85-56-46(80)42(76)50(32(19-68)89-56)92-60-54(95-59-48(82)52(37(71)29(16-65)87-59)93-57-45(79)41(75)36(70)28(15-64)86-57)53(38(72)30(17-66)88-60)94-58-47(81)43(77)49(31(18-67)90-58)91-55-44(78)40(74)35(69)23(3)84-55/h21-60,64-82H,6-20H2,1-5H3/t21-,22+,23+,24+,25+,26-,27+,28-,29-,30-,31-,32-,33+,34-,35+,36-,37-,38-,39-,40-,41+,42-,43-,44-,45-,46-,47-,48-,49-,50+,51-,52+,53+,54-,55+,56-,57+,58+,59+,60+,61+,62-,63-/m1/s1. The van der Waals surface area contributed by atoms with Gasteiger partial charge in [-0.2, -0.15) is 0 Å². The molecule has 33 nitrogen and oxygen atoms in total. The topological polar surface area (TPSA) is 514 Å². The molecule has 33 heteroatoms. The lowest BCUT2D eigenvalue weighted by Gasteiger charge is -2.61. The van der Waals surface area contributed by atoms with Crippen molar-refractivity contribution in [3.05, 3.63) is 0 Å². The van der Waals surface area contributed by atoms with E-state index >= 15 is 0 Å². The average Bonchev–Trinajstić information content (AvgIpc) is 1.51. The van der Waals surface area contributed by atoms with Crippen LogP contribution in [-0.4, -0.2) is 345 Å². The second-order valence-corrected chi connectivity index (χ2v) is 30.0. The van der Waals surface area contributed by atoms with E-state index in [-0.39, 0.29) is 46.5 Å². The van der Waals surface area contributed by atoms with Crippen LogP contribution in [0.3, 0.4) is 0 Å². The Morgan fingerprint density at radius 2 is 0.844 bits per heavy atom. The first-order valence-electron chi connectivity index (χ1n) is 34.3. The SMILES string of the molecule is C[C@@H]1CC[C@@]2(OC1)O[C@H]1[C@H](O)[C@H]3[C@@H]4CC[C@H]5C[C@@H](O[C@@H]6O[C@H](CO)[C@H](O[C@@H]7O[C@H](CO)[C@@H](O)[C@H](O[C@@H]8O[C@H](CO)[C@@H](O[C@@H]9O[C@@H](C)[C@H](O)[C@@H](O)[C@H]9O)[C@H](O)[C@H]8O)[C@H]7O[C@@H]7O[C@H](CO)[C@@H](O)[C@H](O[C@@H]8O[C@H](CO)[C@@H](O)[C@H](O)[C@H]8O)[C@H]7O)[C@H](O)[C@H]6O)CC[C@]5(C)[C@H]4CC[C@]3(C)[C@H]1[C@@H]2C. The second-order valence-electron chi connectivity index (χ2n) is 30.0. The van der Waals surface area contributed by atoms with Gasteiger partial charge in [-0.15, -0.1) is 0 Å². The van der Waals surface area contributed by atoms with Crippen molar-refractivity contribution >= 4 is 0 Å². The van der Waals surface area contributed by atoms with Crippen molar-refractivity contribution in [3.63, 3.8) is 0 Å². The van der Waals surface area contributed by atoms with Gasteiger partial charge < -0.3 is 163 Å². The molecule has 12 fully saturated rings. The lowest BCUT2D eigenvalue weighted by atomic mass is 9.44. The quantitative estimate of drug-likeness (QED) is 0.0602. The molecule has 12 aliphatic rings. The Hall–Kier alpha value is -1.32. The molecule has 96 heavy (non-hydrogen) atoms. The van der Waals surface area contributed by atoms with Crippen molar-refractivity contribution in [3.8, 4) is 0 Å². The highest BCUT2D eigenvalue weighted by Gasteiger charge is 2.73. The van der Waals surface area contributed by atoms with Crippen molar-refractivity contribution < 1.29 is 163 Å². The number of aliphatic hydroxyl groups excluding tert-OH is 19. The number of rotatable bonds is 17. The Morgan fingerprint density at radius 3 is 1.43 bits per heavy atom. The van der Waals surface area contributed by atoms with Gasteiger partial charge in [-0.1, -0.05) is 27.7 Å². The monoisotopic (exact) mass is 1390 g/mol. The Morgan fingerprint density at radius 1 is 0.375 bits per heavy atom. The van der Waals surface area contributed by atoms with E-state index in [0.717, 1.165) is 44.9 Å². The Balaban J connectivity index is 0.765. The summed E-state index contributed by atoms with van der Waals surface area (Å²) in [4.78, 5) is 0. The van der Waals surface area contributed by atoms with Crippen LogP contribution < -0.4 is 0 Å². The molecule has 554 valence electrons. The minimum Gasteiger partial charge on any atom is -0.394 e. The van der Waals surface area contributed by atoms with E-state index in [0.29, 0.717) is 31.3 Å². The molecule has 0 aromatic heterocycles. The number of hydrogen-bond acceptors (Lipinski definition) is 33. The first-order valence-corrected chi connectivity index (χ1v) is 34.3. The Kier molecular flexibility index (Phi) is 22.7. The highest BCUT2D eigenvalue weighted by Crippen LogP contribution is 2.71. The highest BCUT2D eigenvalue weighted by molar-refractivity contribution is 5.19. The van der Waals surface area contributed by atoms with Gasteiger partial charge in [0.25, 0.3) is 0 Å². The van der Waals surface area contributed by atoms with Crippen LogP contribution in [0.1, 0.15) is 92.4 Å². The summed E-state index contributed by atoms with van der Waals surface area (Å²) in [5.41, 5.74) is -0.252. The number of hydrogen-bond donors (Lipinski definition) is 19. The zero-order valence-electron chi connectivity index (χ0n) is 54.4. The van der Waals surface area contributed by atoms with Crippen LogP contribution in [0, 0.1) is 52.3 Å². The summed E-state index contributed by atoms with van der Waals surface area (Å²) in [5, 5.41) is 212. The third kappa shape index (κ3) is 13.0. The minimum atomic E-state index is -2.29. The second kappa shape index (κ2) is 29.3. The summed E-state index contributed by atoms with van der Waals surface area (Å²) in [6.45, 7) is 6.20. The van der Waals surface area contributed by atoms with Crippen molar-refractivity contribution in [2.75, 3.05) is 39.6 Å². The normalized spacial score (nSPS) is 57.6. The summed E-state index contributed by atoms with van der Waals surface area (Å²) in [6.07, 6.45) is -51.3. The van der Waals surface area contributed by atoms with Gasteiger partial charge in [-0.3, -0.25) is 0 Å². The van der Waals surface area contributed by atoms with Gasteiger partial charge >= 0.3 is 0 Å². The molecule has 8 heterocycles. The lowest BCUT2D eigenvalue weighted by molar-refractivity contribution is -0.414. The number of fused-ring (bicyclic) bond motifs is 7. The molecule has 1 spiro atoms. The van der Waals surface area contributed by atoms with Gasteiger partial charge in [-0.05, 0) is 98.7 Å². The Bertz CT molecular complexity index is 2540. The van der Waals surface area contributed by atoms with Gasteiger partial charge in [0.2, 0.25) is 0 Å². The molecule has 12 rings (SSSR count). The highest BCUT2D eigenvalue weighted by atomic mass is 16.8. The van der Waals surface area contributed by atoms with E-state index in [1.807, 2.05) is 0 Å². The first kappa shape index (κ1) is 74.4. The molecule has 0 radical (unpaired) electrons. The molecule has 0 bridgehead atoms. The number of ether oxygens (including phenoxy) is 14. The van der Waals surface area contributed by atoms with Crippen LogP contribution >= 0.6 is 0 Å². The summed E-state index contributed by atoms with van der Waals surface area (Å²) < 4.78 is 85.4. The van der Waals surface area contributed by atoms with E-state index in [4.69, 9.17) is 66.3 Å². The predicted molar refractivity (Wildman–Crippen MR) is 314 cm³/mol. The van der Waals surface area contributed by atoms with Gasteiger partial charge in [0.05, 0.1) is 64.1 Å². The average molecular weight is 1390 g/mol. The molecule has 4 saturated carbocycles. The van der Waals surface area contributed by atoms with E-state index < -0.39 is 235 Å². The summed E-state index contributed by atoms with van der Waals surface area (Å²) in [6, 6.07) is 0. The molecule has 43 atom stereocenters. The lowest BCUT2D eigenvalue weighted by Crippen LogP contribution is -2.69. The van der Waals surface area contributed by atoms with Crippen LogP contribution in [0.4, 0.5) is 0 Å². The van der Waals surface area contributed by atoms with E-state index in [1.54, 1.807) is 0 Å². The van der Waals surface area contributed by atoms with Crippen LogP contribution in [0.5, 0.6) is 0 Å². The van der Waals surface area contributed by atoms with Crippen LogP contribution in [-0.2, 0) is 66.3 Å². The molecule has 0 unspecified atom stereocenters. The smallest absolute Gasteiger partial charge is 0.187 e. The third-order valence-electron chi connectivity index (χ3n) is 24.6. The molecule has 19 N–H and O–H groups in total. The zero-order chi connectivity index (χ0) is 69.1. The van der Waals surface area contributed by atoms with Gasteiger partial charge in [-0.25, -0.2) is 0 Å². The fraction of sp³-hybridized carbons (Fsp3) is 1.00. The molecule has 0 aromatic carbocycles. The van der Waals surface area contributed by atoms with Crippen molar-refractivity contribution in [2.24, 2.45) is 52.3 Å². The van der Waals surface area contributed by atoms with Gasteiger partial charge in [0.15, 0.2) is 43.5 Å². The van der Waals surface area contributed by atoms with Gasteiger partial charge in [0.1, 0.15) is 140 Å². The van der Waals surface area contributed by atoms with Gasteiger partial charge in [0, 0.05) is 18.3 Å². The summed E-state index contributed by atoms with van der Waals surface area (Å²) in [7, 11) is 0. The zero-order valence-corrected chi connectivity index (χ0v) is 54.4. The first-order chi connectivity index (χ1) is 45.6. The maximum absolute atomic E-state index is 12.4. The maximum Gasteiger partial charge on any atom is 0.187 e. The van der Waals surface area contributed by atoms with E-state index in [1.165, 1.54) is 6.92 Å². The molecule has 8 aliphatic heterocycles. The third-order valence-corrected chi connectivity index (χ3v) is 24.6. The molecular weight excluding hydrogens is 1280 g/mol. The van der Waals surface area contributed by atoms with Crippen molar-refractivity contribution in [2.45, 2.75) is 301 Å². The predicted octanol–water partition coefficient (Wildman–Crippen LogP) is -7.26. The fourth-order valence-corrected chi connectivity index (χ4v) is 19.1. The summed E-state index contributed by atoms with van der Waals surface area (Å²) >= 11 is 0. The van der Waals surface area contributed by atoms with E-state index in [2.05, 4.69) is 27.7 Å². The minimum absolute atomic E-state index is 0.0532. The fourth-order valence-electron chi connectivity index (χ4n) is 19.1. The molecule has 0 aromatic rings. The molecular formula is C63H104O33. The largest absolute Gasteiger partial charge is 0.394 e. The van der Waals surface area contributed by atoms with Crippen LogP contribution in [0.25, 0.3) is 0 Å². The Labute approximate surface area is 554 Å². The molecule has 0 amide bonds. The maximum atomic E-state index is 12.4. The molecule has 4 aliphatic carbocycles. The van der Waals surface area contributed by atoms with Crippen molar-refractivity contribution in [1.82, 2.24) is 0 Å². The summed E-state index contributed by atoms with van der Waals surface area (Å²) in [5.74, 6) is 0.883.